The van der Waals surface area contributed by atoms with Crippen molar-refractivity contribution < 1.29 is 4.74 Å². The highest BCUT2D eigenvalue weighted by atomic mass is 32.2. The molecule has 0 amide bonds. The summed E-state index contributed by atoms with van der Waals surface area (Å²) in [6.45, 7) is 5.38. The van der Waals surface area contributed by atoms with E-state index >= 15 is 0 Å². The number of thioether (sulfide) groups is 1. The van der Waals surface area contributed by atoms with E-state index in [1.165, 1.54) is 38.6 Å². The first kappa shape index (κ1) is 12.7. The first-order chi connectivity index (χ1) is 7.79. The molecule has 2 aliphatic rings. The molecule has 2 fully saturated rings. The zero-order valence-corrected chi connectivity index (χ0v) is 11.4. The highest BCUT2D eigenvalue weighted by Crippen LogP contribution is 2.36. The van der Waals surface area contributed by atoms with E-state index in [0.717, 1.165) is 25.2 Å². The molecule has 1 atom stereocenters. The Labute approximate surface area is 104 Å². The predicted molar refractivity (Wildman–Crippen MR) is 71.1 cm³/mol. The van der Waals surface area contributed by atoms with Crippen LogP contribution in [0.4, 0.5) is 0 Å². The summed E-state index contributed by atoms with van der Waals surface area (Å²) in [5.41, 5.74) is 0. The van der Waals surface area contributed by atoms with Crippen molar-refractivity contribution in [3.8, 4) is 0 Å². The van der Waals surface area contributed by atoms with Gasteiger partial charge in [-0.2, -0.15) is 11.8 Å². The topological polar surface area (TPSA) is 21.3 Å². The second kappa shape index (κ2) is 5.74. The average Bonchev–Trinajstić information content (AvgIpc) is 3.16. The molecule has 2 rings (SSSR count). The fourth-order valence-electron chi connectivity index (χ4n) is 2.66. The van der Waals surface area contributed by atoms with Crippen molar-refractivity contribution in [2.45, 2.75) is 49.8 Å². The molecule has 1 aliphatic carbocycles. The largest absolute Gasteiger partial charge is 0.381 e. The molecule has 0 aromatic heterocycles. The Morgan fingerprint density at radius 2 is 2.06 bits per heavy atom. The van der Waals surface area contributed by atoms with Gasteiger partial charge in [0.2, 0.25) is 0 Å². The first-order valence-corrected chi connectivity index (χ1v) is 7.88. The lowest BCUT2D eigenvalue weighted by Gasteiger charge is -2.37. The van der Waals surface area contributed by atoms with Gasteiger partial charge in [-0.05, 0) is 44.3 Å². The van der Waals surface area contributed by atoms with Crippen molar-refractivity contribution in [1.82, 2.24) is 5.32 Å². The molecule has 1 saturated carbocycles. The summed E-state index contributed by atoms with van der Waals surface area (Å²) in [6, 6.07) is 0.770. The molecule has 16 heavy (non-hydrogen) atoms. The van der Waals surface area contributed by atoms with Crippen LogP contribution in [-0.4, -0.2) is 36.8 Å². The van der Waals surface area contributed by atoms with Gasteiger partial charge >= 0.3 is 0 Å². The van der Waals surface area contributed by atoms with Crippen molar-refractivity contribution in [2.24, 2.45) is 5.92 Å². The second-order valence-corrected chi connectivity index (χ2v) is 6.51. The highest BCUT2D eigenvalue weighted by molar-refractivity contribution is 8.00. The van der Waals surface area contributed by atoms with Crippen LogP contribution in [0.2, 0.25) is 0 Å². The predicted octanol–water partition coefficient (Wildman–Crippen LogP) is 2.68. The fraction of sp³-hybridized carbons (Fsp3) is 1.00. The number of rotatable bonds is 6. The molecule has 2 nitrogen and oxygen atoms in total. The minimum atomic E-state index is 0.445. The quantitative estimate of drug-likeness (QED) is 0.775. The van der Waals surface area contributed by atoms with E-state index in [0.29, 0.717) is 4.75 Å². The van der Waals surface area contributed by atoms with Crippen molar-refractivity contribution >= 4 is 11.8 Å². The summed E-state index contributed by atoms with van der Waals surface area (Å²) in [5.74, 6) is 0.976. The maximum atomic E-state index is 5.48. The van der Waals surface area contributed by atoms with Crippen molar-refractivity contribution in [1.29, 1.82) is 0 Å². The molecule has 1 saturated heterocycles. The van der Waals surface area contributed by atoms with Crippen LogP contribution in [0, 0.1) is 5.92 Å². The van der Waals surface area contributed by atoms with Gasteiger partial charge in [0.05, 0.1) is 0 Å². The maximum Gasteiger partial charge on any atom is 0.0479 e. The highest BCUT2D eigenvalue weighted by Gasteiger charge is 2.35. The van der Waals surface area contributed by atoms with Gasteiger partial charge < -0.3 is 10.1 Å². The SMILES string of the molecule is CCC(NCC1(SC)CCOCC1)C1CC1. The van der Waals surface area contributed by atoms with Gasteiger partial charge in [0, 0.05) is 30.5 Å². The molecule has 0 bridgehead atoms. The zero-order valence-electron chi connectivity index (χ0n) is 10.6. The molecule has 1 unspecified atom stereocenters. The zero-order chi connectivity index (χ0) is 11.4. The van der Waals surface area contributed by atoms with Gasteiger partial charge in [-0.25, -0.2) is 0 Å². The molecule has 0 aromatic carbocycles. The van der Waals surface area contributed by atoms with Gasteiger partial charge in [0.15, 0.2) is 0 Å². The monoisotopic (exact) mass is 243 g/mol. The summed E-state index contributed by atoms with van der Waals surface area (Å²) < 4.78 is 5.92. The molecule has 3 heteroatoms. The van der Waals surface area contributed by atoms with E-state index in [9.17, 15) is 0 Å². The van der Waals surface area contributed by atoms with Crippen molar-refractivity contribution in [2.75, 3.05) is 26.0 Å². The lowest BCUT2D eigenvalue weighted by molar-refractivity contribution is 0.0762. The van der Waals surface area contributed by atoms with Crippen LogP contribution >= 0.6 is 11.8 Å². The summed E-state index contributed by atoms with van der Waals surface area (Å²) in [7, 11) is 0. The van der Waals surface area contributed by atoms with Crippen LogP contribution in [0.3, 0.4) is 0 Å². The van der Waals surface area contributed by atoms with Crippen LogP contribution in [-0.2, 0) is 4.74 Å². The summed E-state index contributed by atoms with van der Waals surface area (Å²) in [6.07, 6.45) is 8.85. The molecular formula is C13H25NOS. The number of ether oxygens (including phenoxy) is 1. The van der Waals surface area contributed by atoms with Crippen LogP contribution in [0.1, 0.15) is 39.0 Å². The lowest BCUT2D eigenvalue weighted by atomic mass is 9.98. The summed E-state index contributed by atoms with van der Waals surface area (Å²) in [4.78, 5) is 0. The minimum absolute atomic E-state index is 0.445. The van der Waals surface area contributed by atoms with E-state index in [2.05, 4.69) is 18.5 Å². The van der Waals surface area contributed by atoms with Crippen molar-refractivity contribution in [3.63, 3.8) is 0 Å². The van der Waals surface area contributed by atoms with Crippen LogP contribution in [0.5, 0.6) is 0 Å². The molecule has 1 N–H and O–H groups in total. The van der Waals surface area contributed by atoms with Crippen LogP contribution in [0.15, 0.2) is 0 Å². The van der Waals surface area contributed by atoms with E-state index < -0.39 is 0 Å². The molecule has 1 heterocycles. The Balaban J connectivity index is 1.80. The molecule has 0 radical (unpaired) electrons. The summed E-state index contributed by atoms with van der Waals surface area (Å²) in [5, 5.41) is 3.82. The maximum absolute atomic E-state index is 5.48. The lowest BCUT2D eigenvalue weighted by Crippen LogP contribution is -2.46. The molecular weight excluding hydrogens is 218 g/mol. The van der Waals surface area contributed by atoms with Crippen molar-refractivity contribution in [3.05, 3.63) is 0 Å². The Hall–Kier alpha value is 0.270. The van der Waals surface area contributed by atoms with Gasteiger partial charge in [0.1, 0.15) is 0 Å². The van der Waals surface area contributed by atoms with Gasteiger partial charge in [0.25, 0.3) is 0 Å². The Morgan fingerprint density at radius 1 is 1.38 bits per heavy atom. The van der Waals surface area contributed by atoms with E-state index in [1.807, 2.05) is 11.8 Å². The standard InChI is InChI=1S/C13H25NOS/c1-3-12(11-4-5-11)14-10-13(16-2)6-8-15-9-7-13/h11-12,14H,3-10H2,1-2H3. The Morgan fingerprint density at radius 3 is 2.56 bits per heavy atom. The molecule has 0 spiro atoms. The van der Waals surface area contributed by atoms with E-state index in [-0.39, 0.29) is 0 Å². The third kappa shape index (κ3) is 3.14. The number of hydrogen-bond acceptors (Lipinski definition) is 3. The van der Waals surface area contributed by atoms with E-state index in [4.69, 9.17) is 4.74 Å². The summed E-state index contributed by atoms with van der Waals surface area (Å²) >= 11 is 2.04. The van der Waals surface area contributed by atoms with E-state index in [1.54, 1.807) is 0 Å². The van der Waals surface area contributed by atoms with Crippen LogP contribution < -0.4 is 5.32 Å². The van der Waals surface area contributed by atoms with Gasteiger partial charge in [-0.3, -0.25) is 0 Å². The van der Waals surface area contributed by atoms with Gasteiger partial charge in [-0.15, -0.1) is 0 Å². The molecule has 0 aromatic rings. The third-order valence-electron chi connectivity index (χ3n) is 4.15. The number of hydrogen-bond donors (Lipinski definition) is 1. The third-order valence-corrected chi connectivity index (χ3v) is 5.57. The van der Waals surface area contributed by atoms with Gasteiger partial charge in [-0.1, -0.05) is 6.92 Å². The normalized spacial score (nSPS) is 26.6. The smallest absolute Gasteiger partial charge is 0.0479 e. The van der Waals surface area contributed by atoms with Crippen LogP contribution in [0.25, 0.3) is 0 Å². The Kier molecular flexibility index (Phi) is 4.57. The Bertz CT molecular complexity index is 212. The minimum Gasteiger partial charge on any atom is -0.381 e. The fourth-order valence-corrected chi connectivity index (χ4v) is 3.46. The average molecular weight is 243 g/mol. The second-order valence-electron chi connectivity index (χ2n) is 5.23. The molecule has 1 aliphatic heterocycles. The molecule has 94 valence electrons. The number of nitrogens with one attached hydrogen (secondary N) is 1. The first-order valence-electron chi connectivity index (χ1n) is 6.66.